The summed E-state index contributed by atoms with van der Waals surface area (Å²) in [5.74, 6) is 0.466. The summed E-state index contributed by atoms with van der Waals surface area (Å²) in [6.07, 6.45) is 0.548. The van der Waals surface area contributed by atoms with Crippen molar-refractivity contribution in [2.45, 2.75) is 18.9 Å². The van der Waals surface area contributed by atoms with Crippen LogP contribution in [0.25, 0.3) is 0 Å². The van der Waals surface area contributed by atoms with Crippen molar-refractivity contribution in [1.82, 2.24) is 5.32 Å². The van der Waals surface area contributed by atoms with E-state index in [0.717, 1.165) is 5.69 Å². The first-order valence-corrected chi connectivity index (χ1v) is 8.10. The van der Waals surface area contributed by atoms with E-state index < -0.39 is 15.4 Å². The maximum absolute atomic E-state index is 11.5. The largest absolute Gasteiger partial charge is 0.508 e. The molecular formula is C12H16N2O3S2. The predicted octanol–water partition coefficient (Wildman–Crippen LogP) is 1.26. The maximum Gasteiger partial charge on any atom is 0.171 e. The van der Waals surface area contributed by atoms with Crippen LogP contribution in [0, 0.1) is 0 Å². The third-order valence-corrected chi connectivity index (χ3v) is 5.15. The summed E-state index contributed by atoms with van der Waals surface area (Å²) < 4.78 is 23.0. The van der Waals surface area contributed by atoms with Gasteiger partial charge < -0.3 is 15.7 Å². The molecule has 2 rings (SSSR count). The van der Waals surface area contributed by atoms with E-state index in [1.165, 1.54) is 0 Å². The van der Waals surface area contributed by atoms with Crippen molar-refractivity contribution < 1.29 is 13.5 Å². The van der Waals surface area contributed by atoms with Crippen LogP contribution in [0.2, 0.25) is 0 Å². The van der Waals surface area contributed by atoms with Crippen LogP contribution in [0.4, 0.5) is 5.69 Å². The molecule has 0 radical (unpaired) electrons. The van der Waals surface area contributed by atoms with Gasteiger partial charge in [0.2, 0.25) is 0 Å². The number of hydrogen-bond acceptors (Lipinski definition) is 4. The van der Waals surface area contributed by atoms with E-state index in [1.807, 2.05) is 6.92 Å². The van der Waals surface area contributed by atoms with Crippen molar-refractivity contribution in [1.29, 1.82) is 0 Å². The lowest BCUT2D eigenvalue weighted by molar-refractivity contribution is 0.473. The van der Waals surface area contributed by atoms with E-state index in [9.17, 15) is 13.5 Å². The van der Waals surface area contributed by atoms with Crippen molar-refractivity contribution in [3.63, 3.8) is 0 Å². The fourth-order valence-electron chi connectivity index (χ4n) is 2.09. The van der Waals surface area contributed by atoms with Gasteiger partial charge in [-0.3, -0.25) is 0 Å². The Morgan fingerprint density at radius 1 is 1.37 bits per heavy atom. The lowest BCUT2D eigenvalue weighted by Gasteiger charge is -2.25. The summed E-state index contributed by atoms with van der Waals surface area (Å²) in [7, 11) is -2.96. The molecule has 104 valence electrons. The van der Waals surface area contributed by atoms with E-state index in [2.05, 4.69) is 10.6 Å². The molecule has 19 heavy (non-hydrogen) atoms. The second-order valence-electron chi connectivity index (χ2n) is 5.03. The number of phenols is 1. The van der Waals surface area contributed by atoms with Gasteiger partial charge in [0, 0.05) is 5.69 Å². The van der Waals surface area contributed by atoms with Crippen molar-refractivity contribution in [3.8, 4) is 5.75 Å². The number of nitrogens with one attached hydrogen (secondary N) is 2. The van der Waals surface area contributed by atoms with Gasteiger partial charge in [0.15, 0.2) is 14.9 Å². The number of rotatable bonds is 2. The SMILES string of the molecule is CC1(NC(=S)Nc2ccc(O)cc2)CCS(=O)(=O)C1. The van der Waals surface area contributed by atoms with E-state index in [1.54, 1.807) is 24.3 Å². The van der Waals surface area contributed by atoms with Crippen LogP contribution in [0.5, 0.6) is 5.75 Å². The Balaban J connectivity index is 1.97. The molecule has 1 aromatic rings. The minimum atomic E-state index is -2.96. The zero-order valence-corrected chi connectivity index (χ0v) is 12.1. The van der Waals surface area contributed by atoms with Gasteiger partial charge in [0.25, 0.3) is 0 Å². The van der Waals surface area contributed by atoms with Crippen molar-refractivity contribution >= 4 is 32.9 Å². The van der Waals surface area contributed by atoms with Crippen LogP contribution in [0.1, 0.15) is 13.3 Å². The molecule has 1 aliphatic rings. The highest BCUT2D eigenvalue weighted by atomic mass is 32.2. The molecule has 1 aromatic carbocycles. The molecule has 1 atom stereocenters. The molecular weight excluding hydrogens is 284 g/mol. The molecule has 1 fully saturated rings. The fourth-order valence-corrected chi connectivity index (χ4v) is 4.55. The normalized spacial score (nSPS) is 24.9. The Labute approximate surface area is 117 Å². The standard InChI is InChI=1S/C12H16N2O3S2/c1-12(6-7-19(16,17)8-12)14-11(18)13-9-2-4-10(15)5-3-9/h2-5,15H,6-8H2,1H3,(H2,13,14,18). The van der Waals surface area contributed by atoms with Gasteiger partial charge in [0.1, 0.15) is 5.75 Å². The smallest absolute Gasteiger partial charge is 0.171 e. The minimum absolute atomic E-state index is 0.0946. The third kappa shape index (κ3) is 3.81. The molecule has 0 aliphatic carbocycles. The topological polar surface area (TPSA) is 78.4 Å². The van der Waals surface area contributed by atoms with Crippen molar-refractivity contribution in [3.05, 3.63) is 24.3 Å². The van der Waals surface area contributed by atoms with Gasteiger partial charge in [-0.25, -0.2) is 8.42 Å². The lowest BCUT2D eigenvalue weighted by atomic mass is 10.0. The predicted molar refractivity (Wildman–Crippen MR) is 79.1 cm³/mol. The third-order valence-electron chi connectivity index (χ3n) is 3.04. The summed E-state index contributed by atoms with van der Waals surface area (Å²) in [5.41, 5.74) is 0.222. The number of phenolic OH excluding ortho intramolecular Hbond substituents is 1. The zero-order chi connectivity index (χ0) is 14.1. The Hall–Kier alpha value is -1.34. The highest BCUT2D eigenvalue weighted by Gasteiger charge is 2.38. The van der Waals surface area contributed by atoms with Gasteiger partial charge in [-0.1, -0.05) is 0 Å². The van der Waals surface area contributed by atoms with E-state index in [-0.39, 0.29) is 17.3 Å². The molecule has 5 nitrogen and oxygen atoms in total. The molecule has 0 saturated carbocycles. The van der Waals surface area contributed by atoms with E-state index in [4.69, 9.17) is 12.2 Å². The van der Waals surface area contributed by atoms with Gasteiger partial charge in [-0.05, 0) is 49.8 Å². The van der Waals surface area contributed by atoms with Crippen LogP contribution in [0.3, 0.4) is 0 Å². The fraction of sp³-hybridized carbons (Fsp3) is 0.417. The molecule has 0 bridgehead atoms. The Morgan fingerprint density at radius 3 is 2.53 bits per heavy atom. The van der Waals surface area contributed by atoms with Gasteiger partial charge in [-0.15, -0.1) is 0 Å². The van der Waals surface area contributed by atoms with Crippen LogP contribution >= 0.6 is 12.2 Å². The second kappa shape index (κ2) is 4.97. The first kappa shape index (κ1) is 14.1. The molecule has 0 amide bonds. The number of anilines is 1. The van der Waals surface area contributed by atoms with Gasteiger partial charge in [0.05, 0.1) is 17.0 Å². The average molecular weight is 300 g/mol. The van der Waals surface area contributed by atoms with Crippen LogP contribution in [0.15, 0.2) is 24.3 Å². The number of benzene rings is 1. The van der Waals surface area contributed by atoms with Gasteiger partial charge >= 0.3 is 0 Å². The number of aromatic hydroxyl groups is 1. The first-order valence-electron chi connectivity index (χ1n) is 5.87. The highest BCUT2D eigenvalue weighted by molar-refractivity contribution is 7.91. The number of sulfone groups is 1. The molecule has 1 unspecified atom stereocenters. The monoisotopic (exact) mass is 300 g/mol. The molecule has 1 heterocycles. The number of hydrogen-bond donors (Lipinski definition) is 3. The summed E-state index contributed by atoms with van der Waals surface area (Å²) in [6.45, 7) is 1.85. The molecule has 0 aromatic heterocycles. The van der Waals surface area contributed by atoms with Gasteiger partial charge in [-0.2, -0.15) is 0 Å². The van der Waals surface area contributed by atoms with Crippen LogP contribution in [-0.2, 0) is 9.84 Å². The molecule has 1 saturated heterocycles. The Bertz CT molecular complexity index is 583. The van der Waals surface area contributed by atoms with Crippen LogP contribution < -0.4 is 10.6 Å². The Morgan fingerprint density at radius 2 is 2.00 bits per heavy atom. The summed E-state index contributed by atoms with van der Waals surface area (Å²) in [5, 5.41) is 15.6. The minimum Gasteiger partial charge on any atom is -0.508 e. The van der Waals surface area contributed by atoms with E-state index in [0.29, 0.717) is 11.5 Å². The summed E-state index contributed by atoms with van der Waals surface area (Å²) in [4.78, 5) is 0. The zero-order valence-electron chi connectivity index (χ0n) is 10.5. The maximum atomic E-state index is 11.5. The molecule has 3 N–H and O–H groups in total. The van der Waals surface area contributed by atoms with E-state index >= 15 is 0 Å². The van der Waals surface area contributed by atoms with Crippen LogP contribution in [-0.4, -0.2) is 35.7 Å². The number of thiocarbonyl (C=S) groups is 1. The first-order chi connectivity index (χ1) is 8.78. The van der Waals surface area contributed by atoms with Crippen molar-refractivity contribution in [2.24, 2.45) is 0 Å². The van der Waals surface area contributed by atoms with Crippen molar-refractivity contribution in [2.75, 3.05) is 16.8 Å². The average Bonchev–Trinajstić information content (AvgIpc) is 2.56. The quantitative estimate of drug-likeness (QED) is 0.564. The lowest BCUT2D eigenvalue weighted by Crippen LogP contribution is -2.48. The second-order valence-corrected chi connectivity index (χ2v) is 7.62. The summed E-state index contributed by atoms with van der Waals surface area (Å²) >= 11 is 5.17. The Kier molecular flexibility index (Phi) is 3.69. The summed E-state index contributed by atoms with van der Waals surface area (Å²) in [6, 6.07) is 6.48. The molecule has 0 spiro atoms. The molecule has 7 heteroatoms. The molecule has 1 aliphatic heterocycles. The highest BCUT2D eigenvalue weighted by Crippen LogP contribution is 2.23.